The van der Waals surface area contributed by atoms with Crippen molar-refractivity contribution < 1.29 is 9.90 Å². The molecule has 19 heavy (non-hydrogen) atoms. The van der Waals surface area contributed by atoms with Gasteiger partial charge in [0.1, 0.15) is 5.69 Å². The topological polar surface area (TPSA) is 98.0 Å². The van der Waals surface area contributed by atoms with Crippen molar-refractivity contribution in [3.8, 4) is 0 Å². The van der Waals surface area contributed by atoms with Gasteiger partial charge in [0.25, 0.3) is 5.91 Å². The molecule has 0 aliphatic heterocycles. The molecule has 1 aliphatic rings. The van der Waals surface area contributed by atoms with Crippen LogP contribution in [0.4, 0.5) is 0 Å². The molecule has 0 saturated carbocycles. The fourth-order valence-electron chi connectivity index (χ4n) is 2.42. The first-order valence-electron chi connectivity index (χ1n) is 5.99. The lowest BCUT2D eigenvalue weighted by atomic mass is 10.1. The minimum atomic E-state index is -0.646. The maximum Gasteiger partial charge on any atom is 0.323 e. The predicted molar refractivity (Wildman–Crippen MR) is 67.8 cm³/mol. The van der Waals surface area contributed by atoms with Gasteiger partial charge in [-0.25, -0.2) is 4.79 Å². The summed E-state index contributed by atoms with van der Waals surface area (Å²) in [5, 5.41) is 12.8. The molecule has 0 radical (unpaired) electrons. The Hall–Kier alpha value is -2.34. The monoisotopic (exact) mass is 259 g/mol. The number of nitrogens with one attached hydrogen (secondary N) is 3. The van der Waals surface area contributed by atoms with Gasteiger partial charge in [0, 0.05) is 12.6 Å². The zero-order valence-electron chi connectivity index (χ0n) is 10.0. The Kier molecular flexibility index (Phi) is 2.72. The highest BCUT2D eigenvalue weighted by molar-refractivity contribution is 5.92. The van der Waals surface area contributed by atoms with Crippen LogP contribution < -0.4 is 11.0 Å². The highest BCUT2D eigenvalue weighted by Crippen LogP contribution is 2.31. The van der Waals surface area contributed by atoms with E-state index in [9.17, 15) is 14.7 Å². The van der Waals surface area contributed by atoms with Crippen molar-refractivity contribution in [2.24, 2.45) is 0 Å². The van der Waals surface area contributed by atoms with Crippen LogP contribution >= 0.6 is 0 Å². The maximum absolute atomic E-state index is 12.0. The SMILES string of the molecule is O=C(NC1c2ccccc2CC1O)c1c[nH]c(=O)[nH]1. The van der Waals surface area contributed by atoms with Crippen LogP contribution in [0.2, 0.25) is 0 Å². The third-order valence-corrected chi connectivity index (χ3v) is 3.33. The van der Waals surface area contributed by atoms with Crippen molar-refractivity contribution in [1.82, 2.24) is 15.3 Å². The Morgan fingerprint density at radius 1 is 1.37 bits per heavy atom. The average molecular weight is 259 g/mol. The molecule has 98 valence electrons. The molecule has 1 amide bonds. The van der Waals surface area contributed by atoms with E-state index in [1.54, 1.807) is 0 Å². The summed E-state index contributed by atoms with van der Waals surface area (Å²) in [5.41, 5.74) is 1.67. The molecule has 2 aromatic rings. The molecule has 0 spiro atoms. The van der Waals surface area contributed by atoms with Gasteiger partial charge < -0.3 is 20.4 Å². The molecule has 1 aromatic heterocycles. The standard InChI is InChI=1S/C13H13N3O3/c17-10-5-7-3-1-2-4-8(7)11(10)16-12(18)9-6-14-13(19)15-9/h1-4,6,10-11,17H,5H2,(H,16,18)(H2,14,15,19). The molecule has 4 N–H and O–H groups in total. The van der Waals surface area contributed by atoms with E-state index >= 15 is 0 Å². The highest BCUT2D eigenvalue weighted by atomic mass is 16.3. The highest BCUT2D eigenvalue weighted by Gasteiger charge is 2.32. The van der Waals surface area contributed by atoms with Gasteiger partial charge in [-0.2, -0.15) is 0 Å². The van der Waals surface area contributed by atoms with Crippen molar-refractivity contribution in [3.05, 3.63) is 57.8 Å². The number of H-pyrrole nitrogens is 2. The van der Waals surface area contributed by atoms with Crippen LogP contribution in [0.25, 0.3) is 0 Å². The summed E-state index contributed by atoms with van der Waals surface area (Å²) in [7, 11) is 0. The van der Waals surface area contributed by atoms with E-state index in [-0.39, 0.29) is 5.69 Å². The number of carbonyl (C=O) groups is 1. The second-order valence-electron chi connectivity index (χ2n) is 4.58. The van der Waals surface area contributed by atoms with E-state index in [0.29, 0.717) is 6.42 Å². The lowest BCUT2D eigenvalue weighted by Gasteiger charge is -2.17. The summed E-state index contributed by atoms with van der Waals surface area (Å²) in [5.74, 6) is -0.417. The lowest BCUT2D eigenvalue weighted by Crippen LogP contribution is -2.34. The van der Waals surface area contributed by atoms with Crippen LogP contribution in [0, 0.1) is 0 Å². The van der Waals surface area contributed by atoms with E-state index in [2.05, 4.69) is 15.3 Å². The Bertz CT molecular complexity index is 674. The second kappa shape index (κ2) is 4.40. The number of aromatic nitrogens is 2. The molecule has 1 aromatic carbocycles. The van der Waals surface area contributed by atoms with Crippen LogP contribution in [0.5, 0.6) is 0 Å². The lowest BCUT2D eigenvalue weighted by molar-refractivity contribution is 0.0853. The summed E-state index contributed by atoms with van der Waals surface area (Å²) in [6.45, 7) is 0. The van der Waals surface area contributed by atoms with Crippen LogP contribution in [0.1, 0.15) is 27.7 Å². The number of hydrogen-bond acceptors (Lipinski definition) is 3. The number of aliphatic hydroxyl groups is 1. The predicted octanol–water partition coefficient (Wildman–Crippen LogP) is 0.0911. The quantitative estimate of drug-likeness (QED) is 0.615. The van der Waals surface area contributed by atoms with Crippen molar-refractivity contribution >= 4 is 5.91 Å². The maximum atomic E-state index is 12.0. The summed E-state index contributed by atoms with van der Waals surface area (Å²) < 4.78 is 0. The first-order chi connectivity index (χ1) is 9.15. The zero-order chi connectivity index (χ0) is 13.4. The number of aliphatic hydroxyl groups excluding tert-OH is 1. The summed E-state index contributed by atoms with van der Waals surface area (Å²) in [4.78, 5) is 27.7. The molecule has 1 aliphatic carbocycles. The Morgan fingerprint density at radius 3 is 2.89 bits per heavy atom. The molecule has 6 nitrogen and oxygen atoms in total. The molecule has 2 unspecified atom stereocenters. The van der Waals surface area contributed by atoms with Gasteiger partial charge in [-0.3, -0.25) is 4.79 Å². The van der Waals surface area contributed by atoms with Gasteiger partial charge in [0.15, 0.2) is 0 Å². The molecular weight excluding hydrogens is 246 g/mol. The molecular formula is C13H13N3O3. The van der Waals surface area contributed by atoms with E-state index in [0.717, 1.165) is 11.1 Å². The van der Waals surface area contributed by atoms with E-state index in [4.69, 9.17) is 0 Å². The summed E-state index contributed by atoms with van der Waals surface area (Å²) in [6, 6.07) is 7.15. The minimum absolute atomic E-state index is 0.154. The van der Waals surface area contributed by atoms with E-state index < -0.39 is 23.7 Å². The van der Waals surface area contributed by atoms with Crippen LogP contribution in [0.15, 0.2) is 35.3 Å². The first-order valence-corrected chi connectivity index (χ1v) is 5.99. The molecule has 0 saturated heterocycles. The second-order valence-corrected chi connectivity index (χ2v) is 4.58. The third kappa shape index (κ3) is 2.06. The molecule has 0 bridgehead atoms. The van der Waals surface area contributed by atoms with Crippen molar-refractivity contribution in [3.63, 3.8) is 0 Å². The Balaban J connectivity index is 1.84. The van der Waals surface area contributed by atoms with Gasteiger partial charge in [-0.15, -0.1) is 0 Å². The van der Waals surface area contributed by atoms with E-state index in [1.165, 1.54) is 6.20 Å². The number of aromatic amines is 2. The molecule has 1 heterocycles. The smallest absolute Gasteiger partial charge is 0.323 e. The molecule has 0 fully saturated rings. The largest absolute Gasteiger partial charge is 0.390 e. The van der Waals surface area contributed by atoms with Crippen LogP contribution in [-0.2, 0) is 6.42 Å². The molecule has 3 rings (SSSR count). The number of amides is 1. The summed E-state index contributed by atoms with van der Waals surface area (Å²) in [6.07, 6.45) is 1.18. The van der Waals surface area contributed by atoms with Crippen molar-refractivity contribution in [1.29, 1.82) is 0 Å². The normalized spacial score (nSPS) is 21.1. The van der Waals surface area contributed by atoms with Gasteiger partial charge >= 0.3 is 5.69 Å². The zero-order valence-corrected chi connectivity index (χ0v) is 10.0. The van der Waals surface area contributed by atoms with E-state index in [1.807, 2.05) is 24.3 Å². The number of carbonyl (C=O) groups excluding carboxylic acids is 1. The van der Waals surface area contributed by atoms with Crippen LogP contribution in [0.3, 0.4) is 0 Å². The number of rotatable bonds is 2. The molecule has 6 heteroatoms. The Labute approximate surface area is 108 Å². The average Bonchev–Trinajstić information content (AvgIpc) is 2.95. The number of fused-ring (bicyclic) bond motifs is 1. The van der Waals surface area contributed by atoms with Gasteiger partial charge in [0.2, 0.25) is 0 Å². The fraction of sp³-hybridized carbons (Fsp3) is 0.231. The molecule has 2 atom stereocenters. The third-order valence-electron chi connectivity index (χ3n) is 3.33. The number of hydrogen-bond donors (Lipinski definition) is 4. The summed E-state index contributed by atoms with van der Waals surface area (Å²) >= 11 is 0. The Morgan fingerprint density at radius 2 is 2.16 bits per heavy atom. The number of imidazole rings is 1. The van der Waals surface area contributed by atoms with Gasteiger partial charge in [0.05, 0.1) is 12.1 Å². The fourth-order valence-corrected chi connectivity index (χ4v) is 2.42. The minimum Gasteiger partial charge on any atom is -0.390 e. The number of benzene rings is 1. The van der Waals surface area contributed by atoms with Crippen LogP contribution in [-0.4, -0.2) is 27.1 Å². The van der Waals surface area contributed by atoms with Crippen molar-refractivity contribution in [2.45, 2.75) is 18.6 Å². The van der Waals surface area contributed by atoms with Crippen molar-refractivity contribution in [2.75, 3.05) is 0 Å². The van der Waals surface area contributed by atoms with Gasteiger partial charge in [-0.05, 0) is 11.1 Å². The first kappa shape index (κ1) is 11.7. The van der Waals surface area contributed by atoms with Gasteiger partial charge in [-0.1, -0.05) is 24.3 Å².